The third-order valence-electron chi connectivity index (χ3n) is 1.11. The van der Waals surface area contributed by atoms with Crippen molar-refractivity contribution in [1.29, 1.82) is 0 Å². The monoisotopic (exact) mass is 239 g/mol. The van der Waals surface area contributed by atoms with E-state index in [4.69, 9.17) is 16.3 Å². The maximum absolute atomic E-state index is 11.0. The minimum absolute atomic E-state index is 0.106. The second kappa shape index (κ2) is 6.95. The fourth-order valence-corrected chi connectivity index (χ4v) is 1.57. The number of carbonyl (C=O) groups excluding carboxylic acids is 2. The number of esters is 1. The van der Waals surface area contributed by atoms with Gasteiger partial charge in [-0.05, 0) is 13.8 Å². The highest BCUT2D eigenvalue weighted by Gasteiger charge is 2.09. The highest BCUT2D eigenvalue weighted by atomic mass is 35.5. The molecule has 1 unspecified atom stereocenters. The van der Waals surface area contributed by atoms with Crippen LogP contribution in [0.5, 0.6) is 0 Å². The van der Waals surface area contributed by atoms with Crippen LogP contribution in [0.15, 0.2) is 0 Å². The summed E-state index contributed by atoms with van der Waals surface area (Å²) in [4.78, 5) is 21.1. The van der Waals surface area contributed by atoms with Crippen LogP contribution in [0.1, 0.15) is 13.8 Å². The predicted octanol–water partition coefficient (Wildman–Crippen LogP) is 0.0285. The number of rotatable bonds is 6. The molecular weight excluding hydrogens is 228 g/mol. The minimum atomic E-state index is -1.32. The molecule has 1 atom stereocenters. The Labute approximate surface area is 92.0 Å². The molecule has 0 aromatic heterocycles. The third-order valence-corrected chi connectivity index (χ3v) is 2.63. The van der Waals surface area contributed by atoms with E-state index in [2.05, 4.69) is 0 Å². The van der Waals surface area contributed by atoms with E-state index >= 15 is 0 Å². The molecule has 0 fully saturated rings. The number of hydrogen-bond donors (Lipinski definition) is 0. The number of aliphatic carboxylic acids is 1. The van der Waals surface area contributed by atoms with Gasteiger partial charge in [-0.1, -0.05) is 0 Å². The third kappa shape index (κ3) is 7.03. The standard InChI is InChI=1S/C8H13ClO4S/c1-5(2)13-7(10)4-14-3-6(9)8(11)12/h5-6H,3-4H2,1-2H3,(H,11,12)/p-1. The molecule has 0 aliphatic carbocycles. The zero-order valence-electron chi connectivity index (χ0n) is 7.99. The molecule has 0 saturated heterocycles. The normalized spacial score (nSPS) is 12.6. The van der Waals surface area contributed by atoms with Gasteiger partial charge in [0.2, 0.25) is 0 Å². The van der Waals surface area contributed by atoms with Gasteiger partial charge in [0.15, 0.2) is 0 Å². The number of halogens is 1. The Hall–Kier alpha value is -0.420. The number of alkyl halides is 1. The Kier molecular flexibility index (Phi) is 6.74. The Balaban J connectivity index is 3.54. The molecule has 0 aromatic rings. The Bertz CT molecular complexity index is 208. The molecule has 0 N–H and O–H groups in total. The highest BCUT2D eigenvalue weighted by Crippen LogP contribution is 2.08. The molecule has 0 aliphatic rings. The zero-order valence-corrected chi connectivity index (χ0v) is 9.56. The van der Waals surface area contributed by atoms with Crippen LogP contribution < -0.4 is 5.11 Å². The number of hydrogen-bond acceptors (Lipinski definition) is 5. The Morgan fingerprint density at radius 3 is 2.50 bits per heavy atom. The summed E-state index contributed by atoms with van der Waals surface area (Å²) in [7, 11) is 0. The van der Waals surface area contributed by atoms with Gasteiger partial charge >= 0.3 is 5.97 Å². The lowest BCUT2D eigenvalue weighted by Gasteiger charge is -2.10. The molecule has 4 nitrogen and oxygen atoms in total. The maximum atomic E-state index is 11.0. The molecule has 82 valence electrons. The summed E-state index contributed by atoms with van der Waals surface area (Å²) in [6.07, 6.45) is -0.156. The molecule has 0 heterocycles. The van der Waals surface area contributed by atoms with Gasteiger partial charge in [0, 0.05) is 5.75 Å². The molecule has 0 aromatic carbocycles. The molecule has 6 heteroatoms. The van der Waals surface area contributed by atoms with Crippen molar-refractivity contribution in [3.05, 3.63) is 0 Å². The SMILES string of the molecule is CC(C)OC(=O)CSCC(Cl)C(=O)[O-]. The van der Waals surface area contributed by atoms with Crippen molar-refractivity contribution < 1.29 is 19.4 Å². The number of thioether (sulfide) groups is 1. The molecule has 0 spiro atoms. The van der Waals surface area contributed by atoms with Gasteiger partial charge in [0.05, 0.1) is 23.2 Å². The van der Waals surface area contributed by atoms with Crippen LogP contribution in [-0.4, -0.2) is 34.9 Å². The van der Waals surface area contributed by atoms with Crippen molar-refractivity contribution >= 4 is 35.3 Å². The molecule has 0 bridgehead atoms. The van der Waals surface area contributed by atoms with E-state index in [9.17, 15) is 14.7 Å². The van der Waals surface area contributed by atoms with Gasteiger partial charge < -0.3 is 14.6 Å². The summed E-state index contributed by atoms with van der Waals surface area (Å²) >= 11 is 6.48. The van der Waals surface area contributed by atoms with E-state index in [0.29, 0.717) is 0 Å². The maximum Gasteiger partial charge on any atom is 0.316 e. The quantitative estimate of drug-likeness (QED) is 0.483. The lowest BCUT2D eigenvalue weighted by molar-refractivity contribution is -0.304. The first kappa shape index (κ1) is 13.6. The molecule has 0 aliphatic heterocycles. The number of carboxylic acid groups (broad SMARTS) is 1. The molecular formula is C8H12ClO4S-. The summed E-state index contributed by atoms with van der Waals surface area (Å²) in [5, 5.41) is 9.12. The summed E-state index contributed by atoms with van der Waals surface area (Å²) in [6, 6.07) is 0. The molecule has 0 saturated carbocycles. The van der Waals surface area contributed by atoms with E-state index in [-0.39, 0.29) is 23.6 Å². The first-order valence-corrected chi connectivity index (χ1v) is 5.64. The van der Waals surface area contributed by atoms with Crippen molar-refractivity contribution in [2.45, 2.75) is 25.3 Å². The van der Waals surface area contributed by atoms with E-state index in [0.717, 1.165) is 11.8 Å². The van der Waals surface area contributed by atoms with Gasteiger partial charge in [-0.25, -0.2) is 0 Å². The fraction of sp³-hybridized carbons (Fsp3) is 0.750. The average Bonchev–Trinajstić information content (AvgIpc) is 2.02. The van der Waals surface area contributed by atoms with E-state index < -0.39 is 11.3 Å². The summed E-state index contributed by atoms with van der Waals surface area (Å²) in [5.41, 5.74) is 0. The van der Waals surface area contributed by atoms with Crippen molar-refractivity contribution in [2.24, 2.45) is 0 Å². The predicted molar refractivity (Wildman–Crippen MR) is 53.2 cm³/mol. The number of ether oxygens (including phenoxy) is 1. The van der Waals surface area contributed by atoms with E-state index in [1.54, 1.807) is 13.8 Å². The van der Waals surface area contributed by atoms with Gasteiger partial charge in [-0.15, -0.1) is 23.4 Å². The second-order valence-corrected chi connectivity index (χ2v) is 4.40. The average molecular weight is 240 g/mol. The van der Waals surface area contributed by atoms with Crippen molar-refractivity contribution in [2.75, 3.05) is 11.5 Å². The van der Waals surface area contributed by atoms with Crippen molar-refractivity contribution in [3.63, 3.8) is 0 Å². The number of carbonyl (C=O) groups is 2. The smallest absolute Gasteiger partial charge is 0.316 e. The molecule has 0 amide bonds. The van der Waals surface area contributed by atoms with Gasteiger partial charge in [0.25, 0.3) is 0 Å². The highest BCUT2D eigenvalue weighted by molar-refractivity contribution is 8.00. The summed E-state index contributed by atoms with van der Waals surface area (Å²) in [5.74, 6) is -1.45. The van der Waals surface area contributed by atoms with Crippen LogP contribution in [0.25, 0.3) is 0 Å². The van der Waals surface area contributed by atoms with Crippen LogP contribution in [-0.2, 0) is 14.3 Å². The first-order chi connectivity index (χ1) is 6.43. The minimum Gasteiger partial charge on any atom is -0.549 e. The van der Waals surface area contributed by atoms with Gasteiger partial charge in [-0.2, -0.15) is 0 Å². The van der Waals surface area contributed by atoms with Gasteiger partial charge in [0.1, 0.15) is 0 Å². The van der Waals surface area contributed by atoms with E-state index in [1.807, 2.05) is 0 Å². The lowest BCUT2D eigenvalue weighted by Crippen LogP contribution is -2.33. The van der Waals surface area contributed by atoms with Crippen LogP contribution in [0.3, 0.4) is 0 Å². The largest absolute Gasteiger partial charge is 0.549 e. The van der Waals surface area contributed by atoms with Crippen LogP contribution in [0.2, 0.25) is 0 Å². The first-order valence-electron chi connectivity index (χ1n) is 4.05. The zero-order chi connectivity index (χ0) is 11.1. The summed E-state index contributed by atoms with van der Waals surface area (Å²) in [6.45, 7) is 3.49. The van der Waals surface area contributed by atoms with Gasteiger partial charge in [-0.3, -0.25) is 4.79 Å². The Morgan fingerprint density at radius 1 is 1.50 bits per heavy atom. The summed E-state index contributed by atoms with van der Waals surface area (Å²) < 4.78 is 4.83. The number of carboxylic acids is 1. The fourth-order valence-electron chi connectivity index (χ4n) is 0.611. The second-order valence-electron chi connectivity index (χ2n) is 2.84. The molecule has 14 heavy (non-hydrogen) atoms. The van der Waals surface area contributed by atoms with Crippen molar-refractivity contribution in [1.82, 2.24) is 0 Å². The van der Waals surface area contributed by atoms with E-state index in [1.165, 1.54) is 0 Å². The molecule has 0 rings (SSSR count). The topological polar surface area (TPSA) is 66.4 Å². The van der Waals surface area contributed by atoms with Crippen LogP contribution >= 0.6 is 23.4 Å². The van der Waals surface area contributed by atoms with Crippen LogP contribution in [0, 0.1) is 0 Å². The lowest BCUT2D eigenvalue weighted by atomic mass is 10.5. The Morgan fingerprint density at radius 2 is 2.07 bits per heavy atom. The molecule has 0 radical (unpaired) electrons. The van der Waals surface area contributed by atoms with Crippen molar-refractivity contribution in [3.8, 4) is 0 Å². The van der Waals surface area contributed by atoms with Crippen LogP contribution in [0.4, 0.5) is 0 Å².